The van der Waals surface area contributed by atoms with E-state index in [2.05, 4.69) is 5.10 Å². The topological polar surface area (TPSA) is 61.9 Å². The minimum Gasteiger partial charge on any atom is -0.507 e. The fourth-order valence-electron chi connectivity index (χ4n) is 2.69. The van der Waals surface area contributed by atoms with Gasteiger partial charge < -0.3 is 10.8 Å². The molecule has 0 amide bonds. The van der Waals surface area contributed by atoms with E-state index in [1.54, 1.807) is 11.1 Å². The first kappa shape index (κ1) is 14.5. The van der Waals surface area contributed by atoms with Crippen molar-refractivity contribution < 1.29 is 5.11 Å². The van der Waals surface area contributed by atoms with Gasteiger partial charge in [-0.05, 0) is 36.8 Å². The zero-order valence-electron chi connectivity index (χ0n) is 12.2. The van der Waals surface area contributed by atoms with Gasteiger partial charge in [-0.25, -0.2) is 5.01 Å². The molecular weight excluding hydrogens is 294 g/mol. The number of thiocarbonyl (C=S) groups is 1. The third-order valence-corrected chi connectivity index (χ3v) is 3.97. The SMILES string of the molecule is Cc1ccc(O)c(C2=NN(C(N)=S)C(c3ccccc3)C2)c1. The predicted octanol–water partition coefficient (Wildman–Crippen LogP) is 3.10. The van der Waals surface area contributed by atoms with E-state index in [1.165, 1.54) is 0 Å². The molecule has 0 fully saturated rings. The van der Waals surface area contributed by atoms with Gasteiger partial charge in [0.15, 0.2) is 5.11 Å². The smallest absolute Gasteiger partial charge is 0.187 e. The normalized spacial score (nSPS) is 17.4. The number of aromatic hydroxyl groups is 1. The van der Waals surface area contributed by atoms with Gasteiger partial charge in [0.1, 0.15) is 5.75 Å². The minimum atomic E-state index is -0.0337. The number of hydrazone groups is 1. The number of hydrogen-bond acceptors (Lipinski definition) is 3. The average Bonchev–Trinajstić information content (AvgIpc) is 2.96. The van der Waals surface area contributed by atoms with Gasteiger partial charge in [0.05, 0.1) is 11.8 Å². The molecule has 5 heteroatoms. The van der Waals surface area contributed by atoms with Crippen LogP contribution in [-0.2, 0) is 0 Å². The van der Waals surface area contributed by atoms with Gasteiger partial charge in [-0.2, -0.15) is 5.10 Å². The number of benzene rings is 2. The summed E-state index contributed by atoms with van der Waals surface area (Å²) in [6.45, 7) is 1.98. The Balaban J connectivity index is 2.00. The second-order valence-corrected chi connectivity index (χ2v) is 5.80. The first-order valence-electron chi connectivity index (χ1n) is 7.07. The van der Waals surface area contributed by atoms with E-state index in [9.17, 15) is 5.11 Å². The molecule has 3 rings (SSSR count). The molecule has 22 heavy (non-hydrogen) atoms. The van der Waals surface area contributed by atoms with E-state index in [1.807, 2.05) is 49.4 Å². The summed E-state index contributed by atoms with van der Waals surface area (Å²) in [6.07, 6.45) is 0.651. The van der Waals surface area contributed by atoms with E-state index in [0.717, 1.165) is 22.4 Å². The number of phenolic OH excluding ortho intramolecular Hbond substituents is 1. The molecule has 1 aliphatic heterocycles. The van der Waals surface area contributed by atoms with Crippen LogP contribution < -0.4 is 5.73 Å². The fraction of sp³-hybridized carbons (Fsp3) is 0.176. The highest BCUT2D eigenvalue weighted by Crippen LogP contribution is 2.34. The molecule has 3 N–H and O–H groups in total. The maximum absolute atomic E-state index is 10.1. The highest BCUT2D eigenvalue weighted by atomic mass is 32.1. The third kappa shape index (κ3) is 2.67. The van der Waals surface area contributed by atoms with Gasteiger partial charge in [0.2, 0.25) is 0 Å². The lowest BCUT2D eigenvalue weighted by Crippen LogP contribution is -2.31. The Morgan fingerprint density at radius 2 is 2.00 bits per heavy atom. The summed E-state index contributed by atoms with van der Waals surface area (Å²) >= 11 is 5.13. The van der Waals surface area contributed by atoms with Gasteiger partial charge in [0, 0.05) is 12.0 Å². The minimum absolute atomic E-state index is 0.0337. The predicted molar refractivity (Wildman–Crippen MR) is 91.8 cm³/mol. The molecule has 0 saturated heterocycles. The molecule has 2 aromatic carbocycles. The van der Waals surface area contributed by atoms with Crippen molar-refractivity contribution in [3.8, 4) is 5.75 Å². The number of hydrogen-bond donors (Lipinski definition) is 2. The van der Waals surface area contributed by atoms with Crippen molar-refractivity contribution in [2.75, 3.05) is 0 Å². The molecule has 1 unspecified atom stereocenters. The maximum Gasteiger partial charge on any atom is 0.187 e. The molecule has 2 aromatic rings. The van der Waals surface area contributed by atoms with Crippen molar-refractivity contribution in [3.05, 3.63) is 65.2 Å². The molecule has 0 aromatic heterocycles. The van der Waals surface area contributed by atoms with Crippen LogP contribution in [0.5, 0.6) is 5.75 Å². The molecular formula is C17H17N3OS. The quantitative estimate of drug-likeness (QED) is 0.837. The number of phenols is 1. The van der Waals surface area contributed by atoms with Crippen molar-refractivity contribution >= 4 is 23.0 Å². The molecule has 1 heterocycles. The lowest BCUT2D eigenvalue weighted by atomic mass is 9.97. The van der Waals surface area contributed by atoms with Crippen LogP contribution in [0.1, 0.15) is 29.2 Å². The Bertz CT molecular complexity index is 743. The molecule has 0 aliphatic carbocycles. The van der Waals surface area contributed by atoms with Crippen molar-refractivity contribution in [2.45, 2.75) is 19.4 Å². The first-order chi connectivity index (χ1) is 10.6. The Kier molecular flexibility index (Phi) is 3.81. The highest BCUT2D eigenvalue weighted by Gasteiger charge is 2.31. The monoisotopic (exact) mass is 311 g/mol. The zero-order valence-corrected chi connectivity index (χ0v) is 13.0. The van der Waals surface area contributed by atoms with Crippen LogP contribution in [0.15, 0.2) is 53.6 Å². The standard InChI is InChI=1S/C17H17N3OS/c1-11-7-8-16(21)13(9-11)14-10-15(20(19-14)17(18)22)12-5-3-2-4-6-12/h2-9,15,21H,10H2,1H3,(H2,18,22). The van der Waals surface area contributed by atoms with E-state index in [0.29, 0.717) is 6.42 Å². The van der Waals surface area contributed by atoms with Gasteiger partial charge >= 0.3 is 0 Å². The summed E-state index contributed by atoms with van der Waals surface area (Å²) in [4.78, 5) is 0. The van der Waals surface area contributed by atoms with Crippen LogP contribution in [-0.4, -0.2) is 20.9 Å². The second kappa shape index (κ2) is 5.77. The summed E-state index contributed by atoms with van der Waals surface area (Å²) in [5.41, 5.74) is 9.52. The fourth-order valence-corrected chi connectivity index (χ4v) is 2.86. The third-order valence-electron chi connectivity index (χ3n) is 3.78. The largest absolute Gasteiger partial charge is 0.507 e. The molecule has 0 radical (unpaired) electrons. The highest BCUT2D eigenvalue weighted by molar-refractivity contribution is 7.80. The molecule has 112 valence electrons. The average molecular weight is 311 g/mol. The van der Waals surface area contributed by atoms with Crippen LogP contribution in [0.25, 0.3) is 0 Å². The van der Waals surface area contributed by atoms with Crippen LogP contribution in [0, 0.1) is 6.92 Å². The van der Waals surface area contributed by atoms with Gasteiger partial charge in [0.25, 0.3) is 0 Å². The van der Waals surface area contributed by atoms with E-state index < -0.39 is 0 Å². The molecule has 0 saturated carbocycles. The molecule has 0 spiro atoms. The number of rotatable bonds is 2. The molecule has 0 bridgehead atoms. The van der Waals surface area contributed by atoms with Crippen molar-refractivity contribution in [2.24, 2.45) is 10.8 Å². The Hall–Kier alpha value is -2.40. The zero-order chi connectivity index (χ0) is 15.7. The summed E-state index contributed by atoms with van der Waals surface area (Å²) in [5.74, 6) is 0.223. The van der Waals surface area contributed by atoms with Gasteiger partial charge in [-0.15, -0.1) is 0 Å². The lowest BCUT2D eigenvalue weighted by Gasteiger charge is -2.21. The Labute approximate surface area is 134 Å². The van der Waals surface area contributed by atoms with Crippen LogP contribution in [0.3, 0.4) is 0 Å². The van der Waals surface area contributed by atoms with Crippen molar-refractivity contribution in [3.63, 3.8) is 0 Å². The number of nitrogens with zero attached hydrogens (tertiary/aromatic N) is 2. The van der Waals surface area contributed by atoms with E-state index in [4.69, 9.17) is 18.0 Å². The summed E-state index contributed by atoms with van der Waals surface area (Å²) < 4.78 is 0. The number of nitrogens with two attached hydrogens (primary N) is 1. The van der Waals surface area contributed by atoms with Crippen molar-refractivity contribution in [1.29, 1.82) is 0 Å². The maximum atomic E-state index is 10.1. The second-order valence-electron chi connectivity index (χ2n) is 5.38. The molecule has 1 aliphatic rings. The summed E-state index contributed by atoms with van der Waals surface area (Å²) in [5, 5.41) is 16.5. The van der Waals surface area contributed by atoms with Crippen LogP contribution in [0.4, 0.5) is 0 Å². The van der Waals surface area contributed by atoms with E-state index in [-0.39, 0.29) is 16.9 Å². The van der Waals surface area contributed by atoms with Crippen molar-refractivity contribution in [1.82, 2.24) is 5.01 Å². The lowest BCUT2D eigenvalue weighted by molar-refractivity contribution is 0.373. The van der Waals surface area contributed by atoms with E-state index >= 15 is 0 Å². The summed E-state index contributed by atoms with van der Waals surface area (Å²) in [7, 11) is 0. The number of aryl methyl sites for hydroxylation is 1. The van der Waals surface area contributed by atoms with Crippen LogP contribution in [0.2, 0.25) is 0 Å². The van der Waals surface area contributed by atoms with Gasteiger partial charge in [-0.1, -0.05) is 42.0 Å². The Morgan fingerprint density at radius 1 is 1.27 bits per heavy atom. The van der Waals surface area contributed by atoms with Gasteiger partial charge in [-0.3, -0.25) is 0 Å². The molecule has 1 atom stereocenters. The summed E-state index contributed by atoms with van der Waals surface area (Å²) in [6, 6.07) is 15.5. The Morgan fingerprint density at radius 3 is 2.68 bits per heavy atom. The van der Waals surface area contributed by atoms with Crippen LogP contribution >= 0.6 is 12.2 Å². The first-order valence-corrected chi connectivity index (χ1v) is 7.48. The molecule has 4 nitrogen and oxygen atoms in total.